The number of nitrogens with zero attached hydrogens (tertiary/aromatic N) is 4. The van der Waals surface area contributed by atoms with Crippen molar-refractivity contribution in [3.63, 3.8) is 0 Å². The number of rotatable bonds is 7. The summed E-state index contributed by atoms with van der Waals surface area (Å²) in [6.07, 6.45) is 8.33. The molecule has 0 aliphatic heterocycles. The Kier molecular flexibility index (Phi) is 5.76. The molecule has 3 aromatic rings. The number of methoxy groups -OCH3 is 1. The number of carbonyl (C=O) groups is 1. The Morgan fingerprint density at radius 1 is 1.30 bits per heavy atom. The van der Waals surface area contributed by atoms with Crippen LogP contribution < -0.4 is 4.74 Å². The van der Waals surface area contributed by atoms with E-state index in [0.29, 0.717) is 17.1 Å². The van der Waals surface area contributed by atoms with Crippen molar-refractivity contribution in [2.24, 2.45) is 0 Å². The van der Waals surface area contributed by atoms with Crippen LogP contribution in [0.15, 0.2) is 42.9 Å². The number of ether oxygens (including phenoxy) is 1. The van der Waals surface area contributed by atoms with Crippen LogP contribution in [0.5, 0.6) is 5.75 Å². The standard InChI is InChI=1S/C20H21ClN4O2/c1-4-25-14(2)18(11-23-25)19(26)7-5-15-6-8-20(27-3)16(9-15)12-24-13-17(21)10-22-24/h5-11,13H,4,12H2,1-3H3. The summed E-state index contributed by atoms with van der Waals surface area (Å²) in [6, 6.07) is 5.76. The van der Waals surface area contributed by atoms with Crippen molar-refractivity contribution in [3.8, 4) is 5.75 Å². The summed E-state index contributed by atoms with van der Waals surface area (Å²) in [7, 11) is 1.63. The van der Waals surface area contributed by atoms with E-state index in [9.17, 15) is 4.79 Å². The van der Waals surface area contributed by atoms with Gasteiger partial charge in [0, 0.05) is 24.0 Å². The smallest absolute Gasteiger partial charge is 0.189 e. The zero-order valence-electron chi connectivity index (χ0n) is 15.5. The van der Waals surface area contributed by atoms with E-state index in [-0.39, 0.29) is 5.78 Å². The van der Waals surface area contributed by atoms with Crippen molar-refractivity contribution in [2.75, 3.05) is 7.11 Å². The molecule has 0 spiro atoms. The van der Waals surface area contributed by atoms with Gasteiger partial charge in [-0.15, -0.1) is 0 Å². The lowest BCUT2D eigenvalue weighted by Crippen LogP contribution is -2.03. The van der Waals surface area contributed by atoms with Crippen LogP contribution >= 0.6 is 11.6 Å². The van der Waals surface area contributed by atoms with Crippen LogP contribution in [0.3, 0.4) is 0 Å². The summed E-state index contributed by atoms with van der Waals surface area (Å²) in [5.41, 5.74) is 3.34. The molecule has 0 aliphatic rings. The van der Waals surface area contributed by atoms with Crippen molar-refractivity contribution >= 4 is 23.5 Å². The molecule has 0 aliphatic carbocycles. The monoisotopic (exact) mass is 384 g/mol. The van der Waals surface area contributed by atoms with Crippen LogP contribution in [-0.2, 0) is 13.1 Å². The number of allylic oxidation sites excluding steroid dienone is 1. The van der Waals surface area contributed by atoms with Gasteiger partial charge in [-0.3, -0.25) is 14.2 Å². The lowest BCUT2D eigenvalue weighted by molar-refractivity contribution is 0.104. The fraction of sp³-hybridized carbons (Fsp3) is 0.250. The van der Waals surface area contributed by atoms with Gasteiger partial charge in [0.1, 0.15) is 5.75 Å². The SMILES string of the molecule is CCn1ncc(C(=O)C=Cc2ccc(OC)c(Cn3cc(Cl)cn3)c2)c1C. The van der Waals surface area contributed by atoms with E-state index in [1.807, 2.05) is 36.7 Å². The summed E-state index contributed by atoms with van der Waals surface area (Å²) in [5.74, 6) is 0.689. The molecule has 0 atom stereocenters. The first kappa shape index (κ1) is 18.9. The van der Waals surface area contributed by atoms with Crippen LogP contribution in [0, 0.1) is 6.92 Å². The van der Waals surface area contributed by atoms with E-state index >= 15 is 0 Å². The summed E-state index contributed by atoms with van der Waals surface area (Å²) in [5, 5.41) is 9.00. The molecule has 2 heterocycles. The Labute approximate surface area is 163 Å². The van der Waals surface area contributed by atoms with Crippen molar-refractivity contribution in [3.05, 3.63) is 70.3 Å². The van der Waals surface area contributed by atoms with Crippen molar-refractivity contribution in [1.82, 2.24) is 19.6 Å². The van der Waals surface area contributed by atoms with Crippen LogP contribution in [0.25, 0.3) is 6.08 Å². The Balaban J connectivity index is 1.81. The molecular formula is C20H21ClN4O2. The fourth-order valence-corrected chi connectivity index (χ4v) is 3.05. The third-order valence-electron chi connectivity index (χ3n) is 4.33. The first-order chi connectivity index (χ1) is 13.0. The van der Waals surface area contributed by atoms with Gasteiger partial charge in [-0.05, 0) is 37.6 Å². The van der Waals surface area contributed by atoms with E-state index in [1.54, 1.807) is 42.5 Å². The Morgan fingerprint density at radius 3 is 2.74 bits per heavy atom. The zero-order chi connectivity index (χ0) is 19.4. The fourth-order valence-electron chi connectivity index (χ4n) is 2.89. The van der Waals surface area contributed by atoms with Crippen LogP contribution in [0.2, 0.25) is 5.02 Å². The summed E-state index contributed by atoms with van der Waals surface area (Å²) in [6.45, 7) is 5.16. The lowest BCUT2D eigenvalue weighted by atomic mass is 10.1. The molecule has 0 fully saturated rings. The van der Waals surface area contributed by atoms with Crippen LogP contribution in [-0.4, -0.2) is 32.5 Å². The number of aryl methyl sites for hydroxylation is 1. The van der Waals surface area contributed by atoms with Gasteiger partial charge in [0.15, 0.2) is 5.78 Å². The number of hydrogen-bond donors (Lipinski definition) is 0. The largest absolute Gasteiger partial charge is 0.496 e. The highest BCUT2D eigenvalue weighted by atomic mass is 35.5. The first-order valence-electron chi connectivity index (χ1n) is 8.61. The summed E-state index contributed by atoms with van der Waals surface area (Å²) < 4.78 is 8.97. The quantitative estimate of drug-likeness (QED) is 0.456. The van der Waals surface area contributed by atoms with Gasteiger partial charge in [-0.25, -0.2) is 0 Å². The minimum atomic E-state index is -0.0663. The average Bonchev–Trinajstić information content (AvgIpc) is 3.25. The molecule has 6 nitrogen and oxygen atoms in total. The second-order valence-corrected chi connectivity index (χ2v) is 6.52. The van der Waals surface area contributed by atoms with Crippen molar-refractivity contribution < 1.29 is 9.53 Å². The molecule has 0 bridgehead atoms. The van der Waals surface area contributed by atoms with Gasteiger partial charge in [0.2, 0.25) is 0 Å². The maximum atomic E-state index is 12.5. The minimum Gasteiger partial charge on any atom is -0.496 e. The molecule has 1 aromatic carbocycles. The molecule has 0 amide bonds. The van der Waals surface area contributed by atoms with Crippen molar-refractivity contribution in [1.29, 1.82) is 0 Å². The van der Waals surface area contributed by atoms with Gasteiger partial charge < -0.3 is 4.74 Å². The topological polar surface area (TPSA) is 61.9 Å². The van der Waals surface area contributed by atoms with E-state index in [4.69, 9.17) is 16.3 Å². The summed E-state index contributed by atoms with van der Waals surface area (Å²) >= 11 is 5.93. The Hall–Kier alpha value is -2.86. The molecule has 3 rings (SSSR count). The maximum Gasteiger partial charge on any atom is 0.189 e. The molecule has 0 radical (unpaired) electrons. The highest BCUT2D eigenvalue weighted by molar-refractivity contribution is 6.30. The van der Waals surface area contributed by atoms with Gasteiger partial charge in [-0.2, -0.15) is 10.2 Å². The van der Waals surface area contributed by atoms with Gasteiger partial charge in [-0.1, -0.05) is 23.7 Å². The molecule has 0 saturated carbocycles. The third-order valence-corrected chi connectivity index (χ3v) is 4.53. The van der Waals surface area contributed by atoms with E-state index in [2.05, 4.69) is 10.2 Å². The second kappa shape index (κ2) is 8.22. The molecule has 7 heteroatoms. The highest BCUT2D eigenvalue weighted by Crippen LogP contribution is 2.22. The van der Waals surface area contributed by atoms with Gasteiger partial charge in [0.25, 0.3) is 0 Å². The molecule has 140 valence electrons. The molecular weight excluding hydrogens is 364 g/mol. The highest BCUT2D eigenvalue weighted by Gasteiger charge is 2.11. The number of halogens is 1. The average molecular weight is 385 g/mol. The lowest BCUT2D eigenvalue weighted by Gasteiger charge is -2.09. The zero-order valence-corrected chi connectivity index (χ0v) is 16.3. The maximum absolute atomic E-state index is 12.5. The molecule has 27 heavy (non-hydrogen) atoms. The Morgan fingerprint density at radius 2 is 2.11 bits per heavy atom. The number of aromatic nitrogens is 4. The van der Waals surface area contributed by atoms with E-state index in [0.717, 1.165) is 29.1 Å². The van der Waals surface area contributed by atoms with E-state index in [1.165, 1.54) is 0 Å². The van der Waals surface area contributed by atoms with Crippen LogP contribution in [0.4, 0.5) is 0 Å². The number of ketones is 1. The molecule has 2 aromatic heterocycles. The Bertz CT molecular complexity index is 988. The number of benzene rings is 1. The van der Waals surface area contributed by atoms with E-state index < -0.39 is 0 Å². The van der Waals surface area contributed by atoms with Gasteiger partial charge >= 0.3 is 0 Å². The van der Waals surface area contributed by atoms with Gasteiger partial charge in [0.05, 0.1) is 36.6 Å². The predicted molar refractivity (Wildman–Crippen MR) is 105 cm³/mol. The molecule has 0 saturated heterocycles. The molecule has 0 N–H and O–H groups in total. The predicted octanol–water partition coefficient (Wildman–Crippen LogP) is 4.01. The summed E-state index contributed by atoms with van der Waals surface area (Å²) in [4.78, 5) is 12.5. The van der Waals surface area contributed by atoms with Crippen LogP contribution in [0.1, 0.15) is 34.1 Å². The number of hydrogen-bond acceptors (Lipinski definition) is 4. The first-order valence-corrected chi connectivity index (χ1v) is 8.99. The number of carbonyl (C=O) groups excluding carboxylic acids is 1. The minimum absolute atomic E-state index is 0.0663. The second-order valence-electron chi connectivity index (χ2n) is 6.08. The van der Waals surface area contributed by atoms with Crippen molar-refractivity contribution in [2.45, 2.75) is 26.9 Å². The normalized spacial score (nSPS) is 11.3. The molecule has 0 unspecified atom stereocenters. The third kappa shape index (κ3) is 4.28.